The van der Waals surface area contributed by atoms with E-state index in [-0.39, 0.29) is 11.6 Å². The second-order valence-electron chi connectivity index (χ2n) is 3.47. The molecule has 0 heterocycles. The van der Waals surface area contributed by atoms with E-state index in [4.69, 9.17) is 11.6 Å². The minimum absolute atomic E-state index is 0.210. The molecule has 0 aliphatic carbocycles. The average molecular weight is 261 g/mol. The van der Waals surface area contributed by atoms with Gasteiger partial charge in [0.15, 0.2) is 0 Å². The Morgan fingerprint density at radius 2 is 2.06 bits per heavy atom. The average Bonchev–Trinajstić information content (AvgIpc) is 2.28. The van der Waals surface area contributed by atoms with Crippen molar-refractivity contribution in [3.8, 4) is 5.75 Å². The van der Waals surface area contributed by atoms with E-state index in [0.29, 0.717) is 17.6 Å². The molecule has 0 amide bonds. The van der Waals surface area contributed by atoms with E-state index in [9.17, 15) is 13.2 Å². The Morgan fingerprint density at radius 1 is 1.39 bits per heavy atom. The number of ether oxygens (including phenoxy) is 1. The molecule has 0 atom stereocenters. The van der Waals surface area contributed by atoms with Crippen molar-refractivity contribution < 1.29 is 17.9 Å². The molecule has 0 saturated carbocycles. The number of benzene rings is 1. The number of allylic oxidation sites excluding steroid dienone is 1. The smallest absolute Gasteiger partial charge is 0.406 e. The van der Waals surface area contributed by atoms with Gasteiger partial charge in [0.25, 0.3) is 0 Å². The van der Waals surface area contributed by atoms with E-state index in [1.807, 2.05) is 6.92 Å². The Balaban J connectivity index is 3.08. The number of nitrogens with two attached hydrogens (primary N) is 2. The first-order valence-corrected chi connectivity index (χ1v) is 5.18. The van der Waals surface area contributed by atoms with Crippen LogP contribution in [0.2, 0.25) is 0 Å². The molecule has 0 fully saturated rings. The number of hydrogen-bond acceptors (Lipinski definition) is 4. The first kappa shape index (κ1) is 14.2. The van der Waals surface area contributed by atoms with Crippen LogP contribution in [0.15, 0.2) is 30.1 Å². The molecule has 0 saturated heterocycles. The summed E-state index contributed by atoms with van der Waals surface area (Å²) in [5.74, 6) is 5.10. The molecule has 1 aromatic rings. The zero-order valence-electron chi connectivity index (χ0n) is 9.71. The number of nitrogens with one attached hydrogen (secondary N) is 1. The Labute approximate surface area is 102 Å². The molecule has 0 bridgehead atoms. The second kappa shape index (κ2) is 5.63. The third-order valence-corrected chi connectivity index (χ3v) is 2.25. The number of hydrazine groups is 1. The number of rotatable bonds is 4. The maximum absolute atomic E-state index is 12.1. The van der Waals surface area contributed by atoms with Crippen molar-refractivity contribution in [2.45, 2.75) is 19.7 Å². The molecule has 0 radical (unpaired) electrons. The molecule has 0 aromatic heterocycles. The van der Waals surface area contributed by atoms with Gasteiger partial charge in [0.1, 0.15) is 11.6 Å². The maximum Gasteiger partial charge on any atom is 0.573 e. The zero-order valence-corrected chi connectivity index (χ0v) is 9.71. The third kappa shape index (κ3) is 3.85. The van der Waals surface area contributed by atoms with Crippen molar-refractivity contribution in [3.63, 3.8) is 0 Å². The van der Waals surface area contributed by atoms with Crippen LogP contribution in [-0.2, 0) is 0 Å². The van der Waals surface area contributed by atoms with Gasteiger partial charge in [0.2, 0.25) is 0 Å². The van der Waals surface area contributed by atoms with Crippen LogP contribution in [-0.4, -0.2) is 6.36 Å². The van der Waals surface area contributed by atoms with Gasteiger partial charge in [0, 0.05) is 5.57 Å². The normalized spacial score (nSPS) is 12.9. The zero-order chi connectivity index (χ0) is 13.8. The fourth-order valence-electron chi connectivity index (χ4n) is 1.52. The monoisotopic (exact) mass is 261 g/mol. The molecule has 100 valence electrons. The van der Waals surface area contributed by atoms with Crippen LogP contribution in [0.5, 0.6) is 5.75 Å². The first-order chi connectivity index (χ1) is 8.37. The SMILES string of the molecule is CC/C(=C(/N)NN)c1cccc(OC(F)(F)F)c1. The summed E-state index contributed by atoms with van der Waals surface area (Å²) in [6.07, 6.45) is -4.20. The van der Waals surface area contributed by atoms with Gasteiger partial charge in [-0.05, 0) is 24.1 Å². The largest absolute Gasteiger partial charge is 0.573 e. The van der Waals surface area contributed by atoms with Crippen molar-refractivity contribution in [3.05, 3.63) is 35.6 Å². The van der Waals surface area contributed by atoms with Crippen LogP contribution in [0, 0.1) is 0 Å². The van der Waals surface area contributed by atoms with Gasteiger partial charge < -0.3 is 15.9 Å². The minimum Gasteiger partial charge on any atom is -0.406 e. The molecular weight excluding hydrogens is 247 g/mol. The molecule has 1 aromatic carbocycles. The highest BCUT2D eigenvalue weighted by Crippen LogP contribution is 2.27. The summed E-state index contributed by atoms with van der Waals surface area (Å²) in [5, 5.41) is 0. The van der Waals surface area contributed by atoms with Crippen LogP contribution >= 0.6 is 0 Å². The summed E-state index contributed by atoms with van der Waals surface area (Å²) in [7, 11) is 0. The molecular formula is C11H14F3N3O. The molecule has 18 heavy (non-hydrogen) atoms. The van der Waals surface area contributed by atoms with Crippen molar-refractivity contribution in [2.24, 2.45) is 11.6 Å². The van der Waals surface area contributed by atoms with Gasteiger partial charge in [-0.3, -0.25) is 0 Å². The van der Waals surface area contributed by atoms with Crippen LogP contribution in [0.3, 0.4) is 0 Å². The predicted molar refractivity (Wildman–Crippen MR) is 61.8 cm³/mol. The fraction of sp³-hybridized carbons (Fsp3) is 0.273. The van der Waals surface area contributed by atoms with Gasteiger partial charge in [-0.15, -0.1) is 13.2 Å². The van der Waals surface area contributed by atoms with Crippen molar-refractivity contribution >= 4 is 5.57 Å². The number of alkyl halides is 3. The van der Waals surface area contributed by atoms with Crippen LogP contribution in [0.1, 0.15) is 18.9 Å². The quantitative estimate of drug-likeness (QED) is 0.573. The summed E-state index contributed by atoms with van der Waals surface area (Å²) >= 11 is 0. The highest BCUT2D eigenvalue weighted by molar-refractivity contribution is 5.68. The summed E-state index contributed by atoms with van der Waals surface area (Å²) in [4.78, 5) is 0. The van der Waals surface area contributed by atoms with Crippen molar-refractivity contribution in [1.82, 2.24) is 5.43 Å². The Morgan fingerprint density at radius 3 is 2.56 bits per heavy atom. The maximum atomic E-state index is 12.1. The Bertz CT molecular complexity index is 443. The predicted octanol–water partition coefficient (Wildman–Crippen LogP) is 2.09. The number of halogens is 3. The summed E-state index contributed by atoms with van der Waals surface area (Å²) < 4.78 is 40.1. The molecule has 0 aliphatic heterocycles. The molecule has 0 unspecified atom stereocenters. The van der Waals surface area contributed by atoms with Crippen LogP contribution in [0.4, 0.5) is 13.2 Å². The van der Waals surface area contributed by atoms with Gasteiger partial charge in [-0.1, -0.05) is 19.1 Å². The van der Waals surface area contributed by atoms with E-state index in [1.165, 1.54) is 18.2 Å². The minimum atomic E-state index is -4.72. The van der Waals surface area contributed by atoms with Gasteiger partial charge in [0.05, 0.1) is 0 Å². The highest BCUT2D eigenvalue weighted by atomic mass is 19.4. The topological polar surface area (TPSA) is 73.3 Å². The summed E-state index contributed by atoms with van der Waals surface area (Å²) in [5.41, 5.74) is 9.03. The molecule has 4 nitrogen and oxygen atoms in total. The lowest BCUT2D eigenvalue weighted by atomic mass is 10.0. The third-order valence-electron chi connectivity index (χ3n) is 2.25. The van der Waals surface area contributed by atoms with Crippen LogP contribution < -0.4 is 21.7 Å². The van der Waals surface area contributed by atoms with Crippen molar-refractivity contribution in [1.29, 1.82) is 0 Å². The Kier molecular flexibility index (Phi) is 4.43. The van der Waals surface area contributed by atoms with E-state index in [1.54, 1.807) is 6.07 Å². The lowest BCUT2D eigenvalue weighted by Gasteiger charge is -2.13. The molecule has 0 spiro atoms. The van der Waals surface area contributed by atoms with Crippen LogP contribution in [0.25, 0.3) is 5.57 Å². The molecule has 0 aliphatic rings. The standard InChI is InChI=1S/C11H14F3N3O/c1-2-9(10(15)17-16)7-4-3-5-8(6-7)18-11(12,13)14/h3-6,17H,2,15-16H2,1H3/b10-9+. The fourth-order valence-corrected chi connectivity index (χ4v) is 1.52. The van der Waals surface area contributed by atoms with Gasteiger partial charge in [-0.25, -0.2) is 5.84 Å². The molecule has 7 heteroatoms. The lowest BCUT2D eigenvalue weighted by molar-refractivity contribution is -0.274. The Hall–Kier alpha value is -1.89. The summed E-state index contributed by atoms with van der Waals surface area (Å²) in [6, 6.07) is 5.56. The molecule has 1 rings (SSSR count). The van der Waals surface area contributed by atoms with Crippen molar-refractivity contribution in [2.75, 3.05) is 0 Å². The van der Waals surface area contributed by atoms with E-state index < -0.39 is 6.36 Å². The van der Waals surface area contributed by atoms with Gasteiger partial charge >= 0.3 is 6.36 Å². The van der Waals surface area contributed by atoms with E-state index in [0.717, 1.165) is 0 Å². The molecule has 5 N–H and O–H groups in total. The van der Waals surface area contributed by atoms with E-state index in [2.05, 4.69) is 10.2 Å². The lowest BCUT2D eigenvalue weighted by Crippen LogP contribution is -2.28. The number of hydrogen-bond donors (Lipinski definition) is 3. The first-order valence-electron chi connectivity index (χ1n) is 5.18. The second-order valence-corrected chi connectivity index (χ2v) is 3.47. The highest BCUT2D eigenvalue weighted by Gasteiger charge is 2.31. The van der Waals surface area contributed by atoms with Gasteiger partial charge in [-0.2, -0.15) is 0 Å². The van der Waals surface area contributed by atoms with E-state index >= 15 is 0 Å². The summed E-state index contributed by atoms with van der Waals surface area (Å²) in [6.45, 7) is 1.82.